The maximum absolute atomic E-state index is 9.79. The first-order valence-corrected chi connectivity index (χ1v) is 8.78. The molecule has 124 valence electrons. The molecule has 2 unspecified atom stereocenters. The number of rotatable bonds is 4. The van der Waals surface area contributed by atoms with Gasteiger partial charge in [-0.1, -0.05) is 27.2 Å². The lowest BCUT2D eigenvalue weighted by Gasteiger charge is -2.45. The second kappa shape index (κ2) is 7.40. The van der Waals surface area contributed by atoms with Crippen LogP contribution in [0.15, 0.2) is 0 Å². The van der Waals surface area contributed by atoms with E-state index in [1.54, 1.807) is 0 Å². The third-order valence-corrected chi connectivity index (χ3v) is 5.48. The molecule has 2 atom stereocenters. The van der Waals surface area contributed by atoms with Crippen LogP contribution >= 0.6 is 0 Å². The van der Waals surface area contributed by atoms with Crippen LogP contribution in [0.25, 0.3) is 0 Å². The van der Waals surface area contributed by atoms with Gasteiger partial charge in [0.1, 0.15) is 0 Å². The third kappa shape index (κ3) is 4.41. The van der Waals surface area contributed by atoms with Crippen LogP contribution < -0.4 is 5.73 Å². The maximum atomic E-state index is 9.79. The van der Waals surface area contributed by atoms with Gasteiger partial charge < -0.3 is 15.7 Å². The number of hydrogen-bond acceptors (Lipinski definition) is 4. The van der Waals surface area contributed by atoms with Gasteiger partial charge in [0.2, 0.25) is 0 Å². The SMILES string of the molecule is CC(C)(C)C(N)C(CO)N1CCC(N2CCCCC2)CC1. The van der Waals surface area contributed by atoms with Crippen molar-refractivity contribution >= 4 is 0 Å². The predicted octanol–water partition coefficient (Wildman–Crippen LogP) is 1.67. The monoisotopic (exact) mass is 297 g/mol. The smallest absolute Gasteiger partial charge is 0.0602 e. The summed E-state index contributed by atoms with van der Waals surface area (Å²) in [5, 5.41) is 9.79. The van der Waals surface area contributed by atoms with Gasteiger partial charge in [-0.25, -0.2) is 0 Å². The van der Waals surface area contributed by atoms with Crippen LogP contribution in [0.5, 0.6) is 0 Å². The fourth-order valence-electron chi connectivity index (χ4n) is 3.90. The Bertz CT molecular complexity index is 302. The van der Waals surface area contributed by atoms with E-state index in [-0.39, 0.29) is 24.1 Å². The van der Waals surface area contributed by atoms with E-state index < -0.39 is 0 Å². The fourth-order valence-corrected chi connectivity index (χ4v) is 3.90. The second-order valence-corrected chi connectivity index (χ2v) is 8.01. The van der Waals surface area contributed by atoms with E-state index in [4.69, 9.17) is 5.73 Å². The highest BCUT2D eigenvalue weighted by molar-refractivity contribution is 4.92. The minimum absolute atomic E-state index is 0.0223. The van der Waals surface area contributed by atoms with E-state index in [2.05, 4.69) is 30.6 Å². The molecule has 0 aliphatic carbocycles. The third-order valence-electron chi connectivity index (χ3n) is 5.48. The first-order chi connectivity index (χ1) is 9.93. The van der Waals surface area contributed by atoms with Crippen molar-refractivity contribution in [1.29, 1.82) is 0 Å². The summed E-state index contributed by atoms with van der Waals surface area (Å²) in [5.74, 6) is 0. The molecule has 2 heterocycles. The van der Waals surface area contributed by atoms with Gasteiger partial charge >= 0.3 is 0 Å². The molecule has 2 fully saturated rings. The molecule has 3 N–H and O–H groups in total. The molecule has 21 heavy (non-hydrogen) atoms. The Morgan fingerprint density at radius 3 is 2.10 bits per heavy atom. The zero-order chi connectivity index (χ0) is 15.5. The lowest BCUT2D eigenvalue weighted by molar-refractivity contribution is 0.0270. The minimum atomic E-state index is 0.0223. The van der Waals surface area contributed by atoms with Crippen LogP contribution in [0.1, 0.15) is 52.9 Å². The summed E-state index contributed by atoms with van der Waals surface area (Å²) in [6.45, 7) is 11.4. The number of hydrogen-bond donors (Lipinski definition) is 2. The van der Waals surface area contributed by atoms with Gasteiger partial charge in [-0.05, 0) is 44.2 Å². The van der Waals surface area contributed by atoms with Crippen LogP contribution in [0.3, 0.4) is 0 Å². The molecule has 4 nitrogen and oxygen atoms in total. The summed E-state index contributed by atoms with van der Waals surface area (Å²) in [6.07, 6.45) is 6.60. The molecule has 0 amide bonds. The highest BCUT2D eigenvalue weighted by Gasteiger charge is 2.35. The largest absolute Gasteiger partial charge is 0.395 e. The van der Waals surface area contributed by atoms with Gasteiger partial charge in [-0.15, -0.1) is 0 Å². The number of nitrogens with two attached hydrogens (primary N) is 1. The summed E-state index contributed by atoms with van der Waals surface area (Å²) in [5.41, 5.74) is 6.44. The molecule has 0 saturated carbocycles. The van der Waals surface area contributed by atoms with E-state index >= 15 is 0 Å². The summed E-state index contributed by atoms with van der Waals surface area (Å²) in [6, 6.07) is 0.882. The average molecular weight is 297 g/mol. The van der Waals surface area contributed by atoms with Crippen LogP contribution in [-0.4, -0.2) is 65.8 Å². The number of piperidine rings is 2. The van der Waals surface area contributed by atoms with Crippen LogP contribution in [0, 0.1) is 5.41 Å². The van der Waals surface area contributed by atoms with Crippen molar-refractivity contribution in [3.05, 3.63) is 0 Å². The van der Waals surface area contributed by atoms with Crippen LogP contribution in [-0.2, 0) is 0 Å². The fraction of sp³-hybridized carbons (Fsp3) is 1.00. The van der Waals surface area contributed by atoms with Crippen molar-refractivity contribution in [3.8, 4) is 0 Å². The Kier molecular flexibility index (Phi) is 6.06. The molecule has 0 bridgehead atoms. The standard InChI is InChI=1S/C17H35N3O/c1-17(2,3)16(18)15(13-21)20-11-7-14(8-12-20)19-9-5-4-6-10-19/h14-16,21H,4-13,18H2,1-3H3. The molecule has 2 aliphatic rings. The summed E-state index contributed by atoms with van der Waals surface area (Å²) in [4.78, 5) is 5.12. The summed E-state index contributed by atoms with van der Waals surface area (Å²) < 4.78 is 0. The molecule has 0 aromatic rings. The molecular formula is C17H35N3O. The van der Waals surface area contributed by atoms with Crippen molar-refractivity contribution in [2.45, 2.75) is 71.0 Å². The van der Waals surface area contributed by atoms with Crippen molar-refractivity contribution in [3.63, 3.8) is 0 Å². The lowest BCUT2D eigenvalue weighted by atomic mass is 9.82. The Morgan fingerprint density at radius 1 is 1.05 bits per heavy atom. The molecule has 0 radical (unpaired) electrons. The van der Waals surface area contributed by atoms with E-state index in [0.717, 1.165) is 19.1 Å². The van der Waals surface area contributed by atoms with Crippen molar-refractivity contribution < 1.29 is 5.11 Å². The zero-order valence-corrected chi connectivity index (χ0v) is 14.2. The quantitative estimate of drug-likeness (QED) is 0.829. The Morgan fingerprint density at radius 2 is 1.62 bits per heavy atom. The van der Waals surface area contributed by atoms with E-state index in [9.17, 15) is 5.11 Å². The van der Waals surface area contributed by atoms with Crippen molar-refractivity contribution in [1.82, 2.24) is 9.80 Å². The molecule has 0 aromatic carbocycles. The van der Waals surface area contributed by atoms with E-state index in [1.807, 2.05) is 0 Å². The van der Waals surface area contributed by atoms with Gasteiger partial charge in [-0.3, -0.25) is 4.90 Å². The first-order valence-electron chi connectivity index (χ1n) is 8.78. The molecule has 0 spiro atoms. The van der Waals surface area contributed by atoms with Gasteiger partial charge in [0.15, 0.2) is 0 Å². The maximum Gasteiger partial charge on any atom is 0.0602 e. The molecule has 2 saturated heterocycles. The predicted molar refractivity (Wildman–Crippen MR) is 88.3 cm³/mol. The number of nitrogens with zero attached hydrogens (tertiary/aromatic N) is 2. The summed E-state index contributed by atoms with van der Waals surface area (Å²) >= 11 is 0. The zero-order valence-electron chi connectivity index (χ0n) is 14.2. The summed E-state index contributed by atoms with van der Waals surface area (Å²) in [7, 11) is 0. The lowest BCUT2D eigenvalue weighted by Crippen LogP contribution is -2.58. The van der Waals surface area contributed by atoms with Crippen LogP contribution in [0.2, 0.25) is 0 Å². The van der Waals surface area contributed by atoms with Crippen molar-refractivity contribution in [2.24, 2.45) is 11.1 Å². The first kappa shape index (κ1) is 17.2. The Labute approximate surface area is 130 Å². The molecule has 0 aromatic heterocycles. The molecule has 2 aliphatic heterocycles. The van der Waals surface area contributed by atoms with E-state index in [0.29, 0.717) is 0 Å². The number of likely N-dealkylation sites (tertiary alicyclic amines) is 2. The van der Waals surface area contributed by atoms with Gasteiger partial charge in [0.25, 0.3) is 0 Å². The van der Waals surface area contributed by atoms with Gasteiger partial charge in [-0.2, -0.15) is 0 Å². The molecule has 2 rings (SSSR count). The highest BCUT2D eigenvalue weighted by Crippen LogP contribution is 2.26. The Balaban J connectivity index is 1.86. The van der Waals surface area contributed by atoms with Gasteiger partial charge in [0.05, 0.1) is 6.61 Å². The number of aliphatic hydroxyl groups excluding tert-OH is 1. The van der Waals surface area contributed by atoms with Crippen LogP contribution in [0.4, 0.5) is 0 Å². The van der Waals surface area contributed by atoms with E-state index in [1.165, 1.54) is 45.2 Å². The number of aliphatic hydroxyl groups is 1. The second-order valence-electron chi connectivity index (χ2n) is 8.01. The minimum Gasteiger partial charge on any atom is -0.395 e. The normalized spacial score (nSPS) is 26.7. The van der Waals surface area contributed by atoms with Gasteiger partial charge in [0, 0.05) is 31.2 Å². The molecule has 4 heteroatoms. The van der Waals surface area contributed by atoms with Crippen molar-refractivity contribution in [2.75, 3.05) is 32.8 Å². The topological polar surface area (TPSA) is 52.7 Å². The average Bonchev–Trinajstić information content (AvgIpc) is 2.48. The Hall–Kier alpha value is -0.160. The highest BCUT2D eigenvalue weighted by atomic mass is 16.3. The molecular weight excluding hydrogens is 262 g/mol.